The molecule has 0 amide bonds. The van der Waals surface area contributed by atoms with Crippen LogP contribution in [0.5, 0.6) is 0 Å². The molecule has 0 aliphatic carbocycles. The molecule has 0 aromatic carbocycles. The van der Waals surface area contributed by atoms with Gasteiger partial charge in [-0.3, -0.25) is 0 Å². The molecule has 29 heavy (non-hydrogen) atoms. The van der Waals surface area contributed by atoms with E-state index in [-0.39, 0.29) is 5.60 Å². The van der Waals surface area contributed by atoms with E-state index in [1.807, 2.05) is 6.08 Å². The predicted octanol–water partition coefficient (Wildman–Crippen LogP) is 9.04. The zero-order chi connectivity index (χ0) is 21.7. The Hall–Kier alpha value is -1.34. The minimum Gasteiger partial charge on any atom is -0.367 e. The maximum absolute atomic E-state index is 5.67. The van der Waals surface area contributed by atoms with Crippen LogP contribution in [-0.2, 0) is 4.74 Å². The summed E-state index contributed by atoms with van der Waals surface area (Å²) in [5.74, 6) is 0. The Kier molecular flexibility index (Phi) is 12.2. The quantitative estimate of drug-likeness (QED) is 0.152. The fourth-order valence-corrected chi connectivity index (χ4v) is 3.59. The van der Waals surface area contributed by atoms with Crippen molar-refractivity contribution in [1.29, 1.82) is 0 Å². The van der Waals surface area contributed by atoms with E-state index in [9.17, 15) is 0 Å². The van der Waals surface area contributed by atoms with E-state index in [1.54, 1.807) is 0 Å². The second-order valence-electron chi connectivity index (χ2n) is 9.43. The first-order valence-corrected chi connectivity index (χ1v) is 11.7. The molecule has 1 heteroatoms. The van der Waals surface area contributed by atoms with Crippen molar-refractivity contribution in [2.45, 2.75) is 117 Å². The summed E-state index contributed by atoms with van der Waals surface area (Å²) in [7, 11) is 0. The third-order valence-electron chi connectivity index (χ3n) is 5.92. The minimum absolute atomic E-state index is 0.132. The number of epoxide rings is 1. The number of ether oxygens (including phenoxy) is 1. The van der Waals surface area contributed by atoms with Crippen LogP contribution < -0.4 is 0 Å². The van der Waals surface area contributed by atoms with Crippen molar-refractivity contribution in [3.63, 3.8) is 0 Å². The Morgan fingerprint density at radius 1 is 0.690 bits per heavy atom. The van der Waals surface area contributed by atoms with Gasteiger partial charge in [-0.25, -0.2) is 0 Å². The third-order valence-corrected chi connectivity index (χ3v) is 5.92. The first-order chi connectivity index (χ1) is 13.7. The van der Waals surface area contributed by atoms with Crippen LogP contribution in [0.4, 0.5) is 0 Å². The second-order valence-corrected chi connectivity index (χ2v) is 9.43. The molecule has 0 aromatic rings. The highest BCUT2D eigenvalue weighted by Gasteiger charge is 2.46. The molecule has 0 aromatic heterocycles. The highest BCUT2D eigenvalue weighted by Crippen LogP contribution is 2.38. The SMILES string of the molecule is C=CCC/C(C)=C/CC/C(C)=C/CC/C=C(\C)CC/C=C(\C)CC[C@@H]1OC1(C)C. The molecule has 1 fully saturated rings. The van der Waals surface area contributed by atoms with E-state index in [4.69, 9.17) is 4.74 Å². The first kappa shape index (κ1) is 25.7. The van der Waals surface area contributed by atoms with Crippen molar-refractivity contribution in [1.82, 2.24) is 0 Å². The first-order valence-electron chi connectivity index (χ1n) is 11.7. The molecule has 0 bridgehead atoms. The third kappa shape index (κ3) is 12.7. The number of hydrogen-bond acceptors (Lipinski definition) is 1. The average Bonchev–Trinajstić information content (AvgIpc) is 3.28. The number of rotatable bonds is 15. The smallest absolute Gasteiger partial charge is 0.0892 e. The lowest BCUT2D eigenvalue weighted by molar-refractivity contribution is 0.320. The molecule has 1 rings (SSSR count). The zero-order valence-corrected chi connectivity index (χ0v) is 20.2. The summed E-state index contributed by atoms with van der Waals surface area (Å²) in [6.45, 7) is 17.2. The molecular weight excluding hydrogens is 352 g/mol. The number of hydrogen-bond donors (Lipinski definition) is 0. The van der Waals surface area contributed by atoms with Crippen LogP contribution in [0.2, 0.25) is 0 Å². The molecule has 164 valence electrons. The van der Waals surface area contributed by atoms with Crippen LogP contribution in [0.1, 0.15) is 106 Å². The van der Waals surface area contributed by atoms with Crippen molar-refractivity contribution in [2.75, 3.05) is 0 Å². The molecule has 1 saturated heterocycles. The molecular formula is C28H46O. The van der Waals surface area contributed by atoms with Crippen LogP contribution in [0.25, 0.3) is 0 Å². The van der Waals surface area contributed by atoms with Crippen molar-refractivity contribution >= 4 is 0 Å². The summed E-state index contributed by atoms with van der Waals surface area (Å²) in [6, 6.07) is 0. The van der Waals surface area contributed by atoms with Crippen LogP contribution in [0.3, 0.4) is 0 Å². The number of unbranched alkanes of at least 4 members (excludes halogenated alkanes) is 1. The van der Waals surface area contributed by atoms with E-state index in [0.717, 1.165) is 38.5 Å². The predicted molar refractivity (Wildman–Crippen MR) is 130 cm³/mol. The van der Waals surface area contributed by atoms with Crippen molar-refractivity contribution < 1.29 is 4.74 Å². The van der Waals surface area contributed by atoms with Gasteiger partial charge in [-0.1, -0.05) is 52.7 Å². The van der Waals surface area contributed by atoms with Gasteiger partial charge < -0.3 is 4.74 Å². The molecule has 1 nitrogen and oxygen atoms in total. The summed E-state index contributed by atoms with van der Waals surface area (Å²) in [5.41, 5.74) is 6.17. The van der Waals surface area contributed by atoms with Gasteiger partial charge in [0.2, 0.25) is 0 Å². The topological polar surface area (TPSA) is 12.5 Å². The molecule has 0 radical (unpaired) electrons. The van der Waals surface area contributed by atoms with Gasteiger partial charge in [0.1, 0.15) is 0 Å². The largest absolute Gasteiger partial charge is 0.367 e. The molecule has 1 aliphatic heterocycles. The highest BCUT2D eigenvalue weighted by molar-refractivity contribution is 5.07. The monoisotopic (exact) mass is 398 g/mol. The van der Waals surface area contributed by atoms with E-state index in [0.29, 0.717) is 6.10 Å². The van der Waals surface area contributed by atoms with Crippen molar-refractivity contribution in [3.8, 4) is 0 Å². The lowest BCUT2D eigenvalue weighted by Gasteiger charge is -2.03. The summed E-state index contributed by atoms with van der Waals surface area (Å²) in [4.78, 5) is 0. The van der Waals surface area contributed by atoms with E-state index in [2.05, 4.69) is 72.4 Å². The Labute approximate surface area is 181 Å². The van der Waals surface area contributed by atoms with Gasteiger partial charge in [0, 0.05) is 0 Å². The van der Waals surface area contributed by atoms with Crippen LogP contribution in [0.15, 0.2) is 59.3 Å². The van der Waals surface area contributed by atoms with E-state index < -0.39 is 0 Å². The molecule has 1 heterocycles. The summed E-state index contributed by atoms with van der Waals surface area (Å²) >= 11 is 0. The van der Waals surface area contributed by atoms with Gasteiger partial charge in [-0.2, -0.15) is 0 Å². The van der Waals surface area contributed by atoms with Gasteiger partial charge in [-0.15, -0.1) is 6.58 Å². The van der Waals surface area contributed by atoms with Crippen molar-refractivity contribution in [2.24, 2.45) is 0 Å². The standard InChI is InChI=1S/C28H46O/c1-8-9-14-23(2)17-12-18-24(3)15-10-11-16-25(4)19-13-20-26(5)21-22-27-28(6,7)29-27/h8,15-17,20,27H,1,9-14,18-19,21-22H2,2-7H3/b23-17+,24-15+,25-16+,26-20+/t27-/m0/s1. The fourth-order valence-electron chi connectivity index (χ4n) is 3.59. The van der Waals surface area contributed by atoms with Gasteiger partial charge in [-0.05, 0) is 106 Å². The van der Waals surface area contributed by atoms with Crippen LogP contribution in [-0.4, -0.2) is 11.7 Å². The van der Waals surface area contributed by atoms with Crippen molar-refractivity contribution in [3.05, 3.63) is 59.3 Å². The summed E-state index contributed by atoms with van der Waals surface area (Å²) in [6.07, 6.45) is 23.7. The molecule has 1 atom stereocenters. The Balaban J connectivity index is 2.15. The highest BCUT2D eigenvalue weighted by atomic mass is 16.6. The van der Waals surface area contributed by atoms with Gasteiger partial charge in [0.25, 0.3) is 0 Å². The normalized spacial score (nSPS) is 20.1. The van der Waals surface area contributed by atoms with Crippen LogP contribution >= 0.6 is 0 Å². The Morgan fingerprint density at radius 3 is 1.48 bits per heavy atom. The Morgan fingerprint density at radius 2 is 1.07 bits per heavy atom. The maximum atomic E-state index is 5.67. The fraction of sp³-hybridized carbons (Fsp3) is 0.643. The van der Waals surface area contributed by atoms with E-state index >= 15 is 0 Å². The molecule has 1 aliphatic rings. The van der Waals surface area contributed by atoms with Crippen LogP contribution in [0, 0.1) is 0 Å². The molecule has 0 spiro atoms. The summed E-state index contributed by atoms with van der Waals surface area (Å²) < 4.78 is 5.67. The lowest BCUT2D eigenvalue weighted by Crippen LogP contribution is -2.02. The molecule has 0 unspecified atom stereocenters. The number of allylic oxidation sites excluding steroid dienone is 9. The maximum Gasteiger partial charge on any atom is 0.0892 e. The van der Waals surface area contributed by atoms with Gasteiger partial charge in [0.05, 0.1) is 11.7 Å². The minimum atomic E-state index is 0.132. The van der Waals surface area contributed by atoms with E-state index in [1.165, 1.54) is 48.0 Å². The molecule has 0 saturated carbocycles. The summed E-state index contributed by atoms with van der Waals surface area (Å²) in [5, 5.41) is 0. The molecule has 0 N–H and O–H groups in total. The zero-order valence-electron chi connectivity index (χ0n) is 20.2. The lowest BCUT2D eigenvalue weighted by atomic mass is 10.0. The Bertz CT molecular complexity index is 612. The second kappa shape index (κ2) is 13.8. The average molecular weight is 399 g/mol. The van der Waals surface area contributed by atoms with Gasteiger partial charge in [0.15, 0.2) is 0 Å². The van der Waals surface area contributed by atoms with Gasteiger partial charge >= 0.3 is 0 Å².